The first-order valence-corrected chi connectivity index (χ1v) is 6.79. The summed E-state index contributed by atoms with van der Waals surface area (Å²) in [5.41, 5.74) is 5.29. The quantitative estimate of drug-likeness (QED) is 0.625. The zero-order chi connectivity index (χ0) is 14.6. The highest BCUT2D eigenvalue weighted by Gasteiger charge is 2.20. The van der Waals surface area contributed by atoms with Gasteiger partial charge in [0.1, 0.15) is 0 Å². The number of hydrogen-bond acceptors (Lipinski definition) is 5. The van der Waals surface area contributed by atoms with Gasteiger partial charge in [0.15, 0.2) is 0 Å². The van der Waals surface area contributed by atoms with Crippen LogP contribution in [-0.2, 0) is 4.74 Å². The molecule has 3 N–H and O–H groups in total. The molecular formula is C15H22N4O. The van der Waals surface area contributed by atoms with Crippen LogP contribution in [0.5, 0.6) is 0 Å². The minimum atomic E-state index is -0.167. The maximum Gasteiger partial charge on any atom is 0.0890 e. The molecule has 2 rings (SSSR count). The van der Waals surface area contributed by atoms with Crippen LogP contribution in [0.3, 0.4) is 0 Å². The standard InChI is InChI=1S/C15H22N4O/c1-15(2,20-3)9-8-13(19-16)14-10-17-11-6-4-5-7-12(11)18-14/h4-7,10,13,19H,8-9,16H2,1-3H3. The van der Waals surface area contributed by atoms with Crippen LogP contribution in [0.4, 0.5) is 0 Å². The summed E-state index contributed by atoms with van der Waals surface area (Å²) in [5, 5.41) is 0. The molecule has 108 valence electrons. The van der Waals surface area contributed by atoms with Gasteiger partial charge in [-0.1, -0.05) is 12.1 Å². The van der Waals surface area contributed by atoms with Crippen LogP contribution in [0.25, 0.3) is 11.0 Å². The fourth-order valence-corrected chi connectivity index (χ4v) is 2.05. The Morgan fingerprint density at radius 3 is 2.65 bits per heavy atom. The molecule has 20 heavy (non-hydrogen) atoms. The minimum absolute atomic E-state index is 0.0264. The molecule has 0 spiro atoms. The molecule has 2 aromatic rings. The lowest BCUT2D eigenvalue weighted by Crippen LogP contribution is -2.31. The first kappa shape index (κ1) is 14.8. The van der Waals surface area contributed by atoms with Gasteiger partial charge >= 0.3 is 0 Å². The largest absolute Gasteiger partial charge is 0.379 e. The second-order valence-corrected chi connectivity index (χ2v) is 5.51. The maximum absolute atomic E-state index is 5.66. The Balaban J connectivity index is 2.17. The Morgan fingerprint density at radius 2 is 2.00 bits per heavy atom. The number of hydrogen-bond donors (Lipinski definition) is 2. The van der Waals surface area contributed by atoms with Crippen molar-refractivity contribution >= 4 is 11.0 Å². The molecule has 1 aromatic heterocycles. The van der Waals surface area contributed by atoms with Crippen molar-refractivity contribution in [3.8, 4) is 0 Å². The summed E-state index contributed by atoms with van der Waals surface area (Å²) in [6, 6.07) is 7.79. The summed E-state index contributed by atoms with van der Waals surface area (Å²) in [6.07, 6.45) is 3.50. The molecule has 0 amide bonds. The van der Waals surface area contributed by atoms with E-state index >= 15 is 0 Å². The zero-order valence-corrected chi connectivity index (χ0v) is 12.3. The lowest BCUT2D eigenvalue weighted by atomic mass is 9.98. The first-order chi connectivity index (χ1) is 9.55. The number of ether oxygens (including phenoxy) is 1. The van der Waals surface area contributed by atoms with Crippen LogP contribution >= 0.6 is 0 Å². The number of methoxy groups -OCH3 is 1. The third-order valence-electron chi connectivity index (χ3n) is 3.61. The summed E-state index contributed by atoms with van der Waals surface area (Å²) < 4.78 is 5.43. The summed E-state index contributed by atoms with van der Waals surface area (Å²) in [7, 11) is 1.72. The molecule has 0 fully saturated rings. The molecule has 0 aliphatic carbocycles. The van der Waals surface area contributed by atoms with Crippen molar-refractivity contribution in [2.45, 2.75) is 38.3 Å². The van der Waals surface area contributed by atoms with E-state index in [1.54, 1.807) is 13.3 Å². The van der Waals surface area contributed by atoms with Crippen molar-refractivity contribution in [3.63, 3.8) is 0 Å². The fraction of sp³-hybridized carbons (Fsp3) is 0.467. The number of rotatable bonds is 6. The normalized spacial score (nSPS) is 13.6. The minimum Gasteiger partial charge on any atom is -0.379 e. The van der Waals surface area contributed by atoms with E-state index in [0.717, 1.165) is 29.6 Å². The van der Waals surface area contributed by atoms with Crippen molar-refractivity contribution < 1.29 is 4.74 Å². The Kier molecular flexibility index (Phi) is 4.65. The molecule has 0 aliphatic heterocycles. The summed E-state index contributed by atoms with van der Waals surface area (Å²) >= 11 is 0. The van der Waals surface area contributed by atoms with Crippen molar-refractivity contribution in [3.05, 3.63) is 36.2 Å². The number of benzene rings is 1. The molecule has 0 saturated carbocycles. The molecule has 1 aromatic carbocycles. The Labute approximate surface area is 119 Å². The fourth-order valence-electron chi connectivity index (χ4n) is 2.05. The number of aromatic nitrogens is 2. The van der Waals surface area contributed by atoms with Crippen LogP contribution in [0, 0.1) is 0 Å². The number of para-hydroxylation sites is 2. The van der Waals surface area contributed by atoms with Gasteiger partial charge in [0.2, 0.25) is 0 Å². The van der Waals surface area contributed by atoms with Crippen molar-refractivity contribution in [1.82, 2.24) is 15.4 Å². The number of fused-ring (bicyclic) bond motifs is 1. The van der Waals surface area contributed by atoms with Gasteiger partial charge in [0, 0.05) is 7.11 Å². The second-order valence-electron chi connectivity index (χ2n) is 5.51. The number of nitrogens with two attached hydrogens (primary N) is 1. The number of nitrogens with one attached hydrogen (secondary N) is 1. The van der Waals surface area contributed by atoms with Gasteiger partial charge < -0.3 is 4.74 Å². The van der Waals surface area contributed by atoms with Crippen molar-refractivity contribution in [1.29, 1.82) is 0 Å². The molecule has 1 heterocycles. The highest BCUT2D eigenvalue weighted by molar-refractivity contribution is 5.73. The van der Waals surface area contributed by atoms with E-state index in [4.69, 9.17) is 10.6 Å². The summed E-state index contributed by atoms with van der Waals surface area (Å²) in [6.45, 7) is 4.12. The lowest BCUT2D eigenvalue weighted by molar-refractivity contribution is 0.0116. The molecule has 0 saturated heterocycles. The topological polar surface area (TPSA) is 73.1 Å². The number of nitrogens with zero attached hydrogens (tertiary/aromatic N) is 2. The molecule has 0 aliphatic rings. The Morgan fingerprint density at radius 1 is 1.30 bits per heavy atom. The zero-order valence-electron chi connectivity index (χ0n) is 12.3. The van der Waals surface area contributed by atoms with E-state index in [0.29, 0.717) is 0 Å². The van der Waals surface area contributed by atoms with Gasteiger partial charge in [0.05, 0.1) is 34.6 Å². The molecule has 1 atom stereocenters. The van der Waals surface area contributed by atoms with Crippen molar-refractivity contribution in [2.24, 2.45) is 5.84 Å². The average molecular weight is 274 g/mol. The molecular weight excluding hydrogens is 252 g/mol. The Bertz CT molecular complexity index is 571. The molecule has 0 bridgehead atoms. The van der Waals surface area contributed by atoms with E-state index in [2.05, 4.69) is 29.2 Å². The third-order valence-corrected chi connectivity index (χ3v) is 3.61. The highest BCUT2D eigenvalue weighted by Crippen LogP contribution is 2.23. The number of hydrazine groups is 1. The van der Waals surface area contributed by atoms with E-state index in [9.17, 15) is 0 Å². The van der Waals surface area contributed by atoms with Gasteiger partial charge in [-0.3, -0.25) is 16.3 Å². The molecule has 5 heteroatoms. The van der Waals surface area contributed by atoms with Gasteiger partial charge in [-0.2, -0.15) is 0 Å². The predicted octanol–water partition coefficient (Wildman–Crippen LogP) is 2.34. The summed E-state index contributed by atoms with van der Waals surface area (Å²) in [4.78, 5) is 9.05. The predicted molar refractivity (Wildman–Crippen MR) is 79.9 cm³/mol. The van der Waals surface area contributed by atoms with Gasteiger partial charge in [-0.15, -0.1) is 0 Å². The van der Waals surface area contributed by atoms with Crippen LogP contribution in [0.15, 0.2) is 30.5 Å². The first-order valence-electron chi connectivity index (χ1n) is 6.79. The van der Waals surface area contributed by atoms with E-state index in [-0.39, 0.29) is 11.6 Å². The monoisotopic (exact) mass is 274 g/mol. The van der Waals surface area contributed by atoms with Crippen LogP contribution in [0.1, 0.15) is 38.4 Å². The van der Waals surface area contributed by atoms with Crippen molar-refractivity contribution in [2.75, 3.05) is 7.11 Å². The van der Waals surface area contributed by atoms with Gasteiger partial charge in [-0.05, 0) is 38.8 Å². The second kappa shape index (κ2) is 6.26. The van der Waals surface area contributed by atoms with E-state index in [1.165, 1.54) is 0 Å². The van der Waals surface area contributed by atoms with Crippen LogP contribution < -0.4 is 11.3 Å². The highest BCUT2D eigenvalue weighted by atomic mass is 16.5. The smallest absolute Gasteiger partial charge is 0.0890 e. The SMILES string of the molecule is COC(C)(C)CCC(NN)c1cnc2ccccc2n1. The molecule has 1 unspecified atom stereocenters. The van der Waals surface area contributed by atoms with E-state index in [1.807, 2.05) is 24.3 Å². The van der Waals surface area contributed by atoms with E-state index < -0.39 is 0 Å². The molecule has 0 radical (unpaired) electrons. The van der Waals surface area contributed by atoms with Gasteiger partial charge in [0.25, 0.3) is 0 Å². The Hall–Kier alpha value is -1.56. The maximum atomic E-state index is 5.66. The lowest BCUT2D eigenvalue weighted by Gasteiger charge is -2.25. The summed E-state index contributed by atoms with van der Waals surface area (Å²) in [5.74, 6) is 5.66. The van der Waals surface area contributed by atoms with Gasteiger partial charge in [-0.25, -0.2) is 4.98 Å². The van der Waals surface area contributed by atoms with Crippen LogP contribution in [-0.4, -0.2) is 22.7 Å². The third kappa shape index (κ3) is 3.50. The average Bonchev–Trinajstić information content (AvgIpc) is 2.47. The molecule has 5 nitrogen and oxygen atoms in total. The van der Waals surface area contributed by atoms with Crippen LogP contribution in [0.2, 0.25) is 0 Å².